The van der Waals surface area contributed by atoms with Gasteiger partial charge in [-0.2, -0.15) is 0 Å². The monoisotopic (exact) mass is 273 g/mol. The Labute approximate surface area is 107 Å². The Bertz CT molecular complexity index is 473. The van der Waals surface area contributed by atoms with Crippen LogP contribution in [-0.2, 0) is 6.42 Å². The molecule has 0 radical (unpaired) electrons. The predicted molar refractivity (Wildman–Crippen MR) is 68.6 cm³/mol. The van der Waals surface area contributed by atoms with Crippen LogP contribution in [0.1, 0.15) is 4.88 Å². The van der Waals surface area contributed by atoms with Crippen LogP contribution in [0, 0.1) is 0 Å². The third-order valence-electron chi connectivity index (χ3n) is 1.93. The molecule has 0 saturated heterocycles. The zero-order chi connectivity index (χ0) is 11.4. The minimum absolute atomic E-state index is 0.254. The minimum Gasteiger partial charge on any atom is -0.370 e. The third-order valence-corrected chi connectivity index (χ3v) is 3.41. The zero-order valence-corrected chi connectivity index (χ0v) is 10.6. The van der Waals surface area contributed by atoms with Gasteiger partial charge < -0.3 is 5.32 Å². The van der Waals surface area contributed by atoms with Crippen LogP contribution in [-0.4, -0.2) is 16.5 Å². The van der Waals surface area contributed by atoms with Crippen LogP contribution in [0.15, 0.2) is 24.4 Å². The molecule has 0 amide bonds. The van der Waals surface area contributed by atoms with Crippen LogP contribution in [0.2, 0.25) is 9.62 Å². The molecule has 0 bridgehead atoms. The minimum atomic E-state index is 0.254. The van der Waals surface area contributed by atoms with Crippen molar-refractivity contribution in [3.63, 3.8) is 0 Å². The van der Waals surface area contributed by atoms with Crippen LogP contribution in [0.25, 0.3) is 0 Å². The first-order valence-corrected chi connectivity index (χ1v) is 6.28. The van der Waals surface area contributed by atoms with Gasteiger partial charge >= 0.3 is 0 Å². The maximum absolute atomic E-state index is 5.84. The molecule has 0 aliphatic carbocycles. The lowest BCUT2D eigenvalue weighted by Gasteiger charge is -2.03. The summed E-state index contributed by atoms with van der Waals surface area (Å²) in [6.45, 7) is 0.796. The summed E-state index contributed by atoms with van der Waals surface area (Å²) in [7, 11) is 0. The van der Waals surface area contributed by atoms with Gasteiger partial charge in [-0.15, -0.1) is 11.3 Å². The van der Waals surface area contributed by atoms with Crippen molar-refractivity contribution in [1.82, 2.24) is 9.97 Å². The number of nitrogens with zero attached hydrogens (tertiary/aromatic N) is 2. The number of halogens is 2. The largest absolute Gasteiger partial charge is 0.370 e. The number of aromatic nitrogens is 2. The Morgan fingerprint density at radius 1 is 1.25 bits per heavy atom. The van der Waals surface area contributed by atoms with Crippen molar-refractivity contribution in [2.45, 2.75) is 6.42 Å². The number of nitrogens with one attached hydrogen (secondary N) is 1. The average molecular weight is 274 g/mol. The van der Waals surface area contributed by atoms with Crippen LogP contribution in [0.5, 0.6) is 0 Å². The first-order valence-electron chi connectivity index (χ1n) is 4.71. The van der Waals surface area contributed by atoms with E-state index < -0.39 is 0 Å². The van der Waals surface area contributed by atoms with Crippen molar-refractivity contribution in [3.8, 4) is 0 Å². The molecule has 0 unspecified atom stereocenters. The van der Waals surface area contributed by atoms with Gasteiger partial charge in [0.25, 0.3) is 0 Å². The average Bonchev–Trinajstić information content (AvgIpc) is 2.64. The molecule has 0 saturated carbocycles. The van der Waals surface area contributed by atoms with Crippen LogP contribution in [0.3, 0.4) is 0 Å². The second kappa shape index (κ2) is 5.48. The van der Waals surface area contributed by atoms with E-state index in [9.17, 15) is 0 Å². The molecule has 0 atom stereocenters. The molecule has 16 heavy (non-hydrogen) atoms. The predicted octanol–water partition coefficient (Wildman–Crippen LogP) is 3.50. The van der Waals surface area contributed by atoms with Gasteiger partial charge in [0, 0.05) is 17.6 Å². The summed E-state index contributed by atoms with van der Waals surface area (Å²) in [5.74, 6) is 0.739. The molecule has 0 aliphatic heterocycles. The smallest absolute Gasteiger partial charge is 0.224 e. The van der Waals surface area contributed by atoms with Gasteiger partial charge in [0.1, 0.15) is 5.82 Å². The van der Waals surface area contributed by atoms with E-state index in [2.05, 4.69) is 15.3 Å². The van der Waals surface area contributed by atoms with Gasteiger partial charge in [-0.1, -0.05) is 11.6 Å². The number of anilines is 1. The fraction of sp³-hybridized carbons (Fsp3) is 0.200. The summed E-state index contributed by atoms with van der Waals surface area (Å²) in [6.07, 6.45) is 2.54. The van der Waals surface area contributed by atoms with E-state index in [1.54, 1.807) is 23.6 Å². The fourth-order valence-electron chi connectivity index (χ4n) is 1.23. The van der Waals surface area contributed by atoms with Gasteiger partial charge in [-0.05, 0) is 36.2 Å². The summed E-state index contributed by atoms with van der Waals surface area (Å²) in [4.78, 5) is 9.09. The van der Waals surface area contributed by atoms with Crippen LogP contribution < -0.4 is 5.32 Å². The van der Waals surface area contributed by atoms with Gasteiger partial charge in [-0.25, -0.2) is 9.97 Å². The quantitative estimate of drug-likeness (QED) is 0.867. The number of hydrogen-bond donors (Lipinski definition) is 1. The normalized spacial score (nSPS) is 10.4. The van der Waals surface area contributed by atoms with Crippen molar-refractivity contribution in [2.75, 3.05) is 11.9 Å². The van der Waals surface area contributed by atoms with Crippen LogP contribution >= 0.6 is 34.5 Å². The molecule has 3 nitrogen and oxygen atoms in total. The fourth-order valence-corrected chi connectivity index (χ4v) is 2.47. The van der Waals surface area contributed by atoms with Crippen molar-refractivity contribution in [2.24, 2.45) is 0 Å². The Balaban J connectivity index is 1.84. The molecule has 0 fully saturated rings. The highest BCUT2D eigenvalue weighted by atomic mass is 35.5. The first kappa shape index (κ1) is 11.6. The maximum Gasteiger partial charge on any atom is 0.224 e. The van der Waals surface area contributed by atoms with E-state index in [0.717, 1.165) is 23.1 Å². The van der Waals surface area contributed by atoms with E-state index >= 15 is 0 Å². The SMILES string of the molecule is Clc1nccc(NCCc2ccc(Cl)s2)n1. The van der Waals surface area contributed by atoms with E-state index in [1.165, 1.54) is 4.88 Å². The van der Waals surface area contributed by atoms with Gasteiger partial charge in [0.05, 0.1) is 4.34 Å². The Kier molecular flexibility index (Phi) is 3.98. The molecular formula is C10H9Cl2N3S. The number of thiophene rings is 1. The highest BCUT2D eigenvalue weighted by Gasteiger charge is 1.99. The first-order chi connectivity index (χ1) is 7.74. The third kappa shape index (κ3) is 3.33. The lowest BCUT2D eigenvalue weighted by Crippen LogP contribution is -2.05. The van der Waals surface area contributed by atoms with Crippen molar-refractivity contribution >= 4 is 40.4 Å². The zero-order valence-electron chi connectivity index (χ0n) is 8.28. The second-order valence-corrected chi connectivity index (χ2v) is 5.23. The summed E-state index contributed by atoms with van der Waals surface area (Å²) in [6, 6.07) is 5.72. The number of rotatable bonds is 4. The van der Waals surface area contributed by atoms with Crippen molar-refractivity contribution in [1.29, 1.82) is 0 Å². The molecule has 2 aromatic rings. The van der Waals surface area contributed by atoms with E-state index in [4.69, 9.17) is 23.2 Å². The highest BCUT2D eigenvalue weighted by molar-refractivity contribution is 7.16. The van der Waals surface area contributed by atoms with E-state index in [1.807, 2.05) is 12.1 Å². The molecular weight excluding hydrogens is 265 g/mol. The van der Waals surface area contributed by atoms with Gasteiger partial charge in [-0.3, -0.25) is 0 Å². The Hall–Kier alpha value is -0.840. The lowest BCUT2D eigenvalue weighted by molar-refractivity contribution is 1.02. The molecule has 2 rings (SSSR count). The Morgan fingerprint density at radius 2 is 2.12 bits per heavy atom. The molecule has 1 N–H and O–H groups in total. The van der Waals surface area contributed by atoms with Crippen molar-refractivity contribution < 1.29 is 0 Å². The molecule has 0 spiro atoms. The summed E-state index contributed by atoms with van der Waals surface area (Å²) < 4.78 is 0.820. The summed E-state index contributed by atoms with van der Waals surface area (Å²) in [5.41, 5.74) is 0. The van der Waals surface area contributed by atoms with Gasteiger partial charge in [0.15, 0.2) is 0 Å². The van der Waals surface area contributed by atoms with Crippen molar-refractivity contribution in [3.05, 3.63) is 38.9 Å². The lowest BCUT2D eigenvalue weighted by atomic mass is 10.3. The Morgan fingerprint density at radius 3 is 2.81 bits per heavy atom. The summed E-state index contributed by atoms with van der Waals surface area (Å²) in [5, 5.41) is 3.43. The maximum atomic E-state index is 5.84. The molecule has 84 valence electrons. The standard InChI is InChI=1S/C10H9Cl2N3S/c11-8-2-1-7(16-8)3-5-13-9-4-6-14-10(12)15-9/h1-2,4,6H,3,5H2,(H,13,14,15). The van der Waals surface area contributed by atoms with E-state index in [0.29, 0.717) is 0 Å². The van der Waals surface area contributed by atoms with E-state index in [-0.39, 0.29) is 5.28 Å². The topological polar surface area (TPSA) is 37.8 Å². The second-order valence-electron chi connectivity index (χ2n) is 3.09. The van der Waals surface area contributed by atoms with Gasteiger partial charge in [0.2, 0.25) is 5.28 Å². The summed E-state index contributed by atoms with van der Waals surface area (Å²) >= 11 is 13.1. The molecule has 0 aromatic carbocycles. The molecule has 2 heterocycles. The highest BCUT2D eigenvalue weighted by Crippen LogP contribution is 2.21. The molecule has 0 aliphatic rings. The van der Waals surface area contributed by atoms with Crippen LogP contribution in [0.4, 0.5) is 5.82 Å². The molecule has 6 heteroatoms. The molecule has 2 aromatic heterocycles. The number of hydrogen-bond acceptors (Lipinski definition) is 4.